The van der Waals surface area contributed by atoms with Crippen LogP contribution in [0.1, 0.15) is 59.3 Å². The summed E-state index contributed by atoms with van der Waals surface area (Å²) in [5.41, 5.74) is 7.25. The predicted octanol–water partition coefficient (Wildman–Crippen LogP) is 12.3. The van der Waals surface area contributed by atoms with Gasteiger partial charge in [0, 0.05) is 48.0 Å². The quantitative estimate of drug-likeness (QED) is 0.118. The highest BCUT2D eigenvalue weighted by atomic mass is 15.4. The fourth-order valence-electron chi connectivity index (χ4n) is 5.93. The maximum absolute atomic E-state index is 2.64. The van der Waals surface area contributed by atoms with E-state index in [4.69, 9.17) is 0 Å². The van der Waals surface area contributed by atoms with Crippen molar-refractivity contribution in [1.29, 1.82) is 0 Å². The number of benzene rings is 5. The number of rotatable bonds is 14. The zero-order valence-corrected chi connectivity index (χ0v) is 27.1. The summed E-state index contributed by atoms with van der Waals surface area (Å²) in [6, 6.07) is 51.7. The van der Waals surface area contributed by atoms with E-state index in [9.17, 15) is 0 Å². The van der Waals surface area contributed by atoms with Crippen LogP contribution in [0.15, 0.2) is 146 Å². The Labute approximate surface area is 267 Å². The molecule has 0 atom stereocenters. The SMILES string of the molecule is CCCCN(CCCC)CCCC.c1ccc(-c2ccccc2[N+](c2ccccc2)(c2ccccc2)c2ccccc2)cc1. The van der Waals surface area contributed by atoms with Gasteiger partial charge in [0.15, 0.2) is 5.69 Å². The van der Waals surface area contributed by atoms with E-state index in [1.54, 1.807) is 0 Å². The van der Waals surface area contributed by atoms with Crippen molar-refractivity contribution in [2.75, 3.05) is 19.6 Å². The zero-order chi connectivity index (χ0) is 30.9. The molecule has 0 unspecified atom stereocenters. The Hall–Kier alpha value is -3.98. The van der Waals surface area contributed by atoms with Gasteiger partial charge in [-0.25, -0.2) is 0 Å². The maximum Gasteiger partial charge on any atom is 0.156 e. The summed E-state index contributed by atoms with van der Waals surface area (Å²) in [4.78, 5) is 2.64. The highest BCUT2D eigenvalue weighted by Crippen LogP contribution is 2.54. The molecular formula is C42H51N2+. The van der Waals surface area contributed by atoms with Gasteiger partial charge in [0.1, 0.15) is 17.1 Å². The van der Waals surface area contributed by atoms with Gasteiger partial charge in [0.25, 0.3) is 0 Å². The lowest BCUT2D eigenvalue weighted by Gasteiger charge is -2.38. The molecule has 5 rings (SSSR count). The fraction of sp³-hybridized carbons (Fsp3) is 0.286. The van der Waals surface area contributed by atoms with Gasteiger partial charge in [-0.15, -0.1) is 0 Å². The summed E-state index contributed by atoms with van der Waals surface area (Å²) in [5.74, 6) is 0. The Balaban J connectivity index is 0.000000289. The normalized spacial score (nSPS) is 11.2. The first kappa shape index (κ1) is 32.9. The molecular weight excluding hydrogens is 532 g/mol. The van der Waals surface area contributed by atoms with E-state index < -0.39 is 0 Å². The van der Waals surface area contributed by atoms with Crippen molar-refractivity contribution < 1.29 is 0 Å². The number of quaternary nitrogens is 1. The molecule has 0 aliphatic carbocycles. The second-order valence-electron chi connectivity index (χ2n) is 11.5. The smallest absolute Gasteiger partial charge is 0.156 e. The molecule has 0 aromatic heterocycles. The third-order valence-electron chi connectivity index (χ3n) is 8.26. The first-order chi connectivity index (χ1) is 21.7. The van der Waals surface area contributed by atoms with Crippen LogP contribution in [0.25, 0.3) is 11.1 Å². The fourth-order valence-corrected chi connectivity index (χ4v) is 5.93. The van der Waals surface area contributed by atoms with E-state index in [-0.39, 0.29) is 0 Å². The Morgan fingerprint density at radius 2 is 0.750 bits per heavy atom. The summed E-state index contributed by atoms with van der Waals surface area (Å²) < 4.78 is 0.508. The minimum absolute atomic E-state index is 0.508. The number of hydrogen-bond donors (Lipinski definition) is 0. The van der Waals surface area contributed by atoms with Crippen molar-refractivity contribution in [3.63, 3.8) is 0 Å². The van der Waals surface area contributed by atoms with Gasteiger partial charge >= 0.3 is 0 Å². The largest absolute Gasteiger partial charge is 0.303 e. The van der Waals surface area contributed by atoms with Crippen LogP contribution in [0.3, 0.4) is 0 Å². The number of para-hydroxylation sites is 4. The summed E-state index contributed by atoms with van der Waals surface area (Å²) >= 11 is 0. The molecule has 0 N–H and O–H groups in total. The molecule has 2 nitrogen and oxygen atoms in total. The minimum Gasteiger partial charge on any atom is -0.303 e. The maximum atomic E-state index is 2.64. The second kappa shape index (κ2) is 18.0. The molecule has 0 saturated heterocycles. The van der Waals surface area contributed by atoms with E-state index in [0.29, 0.717) is 4.48 Å². The van der Waals surface area contributed by atoms with Crippen LogP contribution in [-0.2, 0) is 0 Å². The van der Waals surface area contributed by atoms with Gasteiger partial charge in [-0.05, 0) is 50.5 Å². The van der Waals surface area contributed by atoms with Crippen molar-refractivity contribution in [3.8, 4) is 11.1 Å². The summed E-state index contributed by atoms with van der Waals surface area (Å²) in [7, 11) is 0. The number of nitrogens with zero attached hydrogens (tertiary/aromatic N) is 2. The van der Waals surface area contributed by atoms with Gasteiger partial charge in [-0.1, -0.05) is 137 Å². The Morgan fingerprint density at radius 3 is 1.14 bits per heavy atom. The standard InChI is InChI=1S/C30H24N.C12H27N/c1-5-15-25(16-6-1)29-23-13-14-24-30(29)31(26-17-7-2-8-18-26,27-19-9-3-10-20-27)28-21-11-4-12-22-28;1-4-7-10-13(11-8-5-2)12-9-6-3/h1-24H;4-12H2,1-3H3/q+1;. The molecule has 0 aliphatic heterocycles. The average Bonchev–Trinajstić information content (AvgIpc) is 3.11. The highest BCUT2D eigenvalue weighted by Gasteiger charge is 2.40. The average molecular weight is 584 g/mol. The topological polar surface area (TPSA) is 3.24 Å². The number of unbranched alkanes of at least 4 members (excludes halogenated alkanes) is 3. The second-order valence-corrected chi connectivity index (χ2v) is 11.5. The highest BCUT2D eigenvalue weighted by molar-refractivity contribution is 5.90. The zero-order valence-electron chi connectivity index (χ0n) is 27.1. The first-order valence-corrected chi connectivity index (χ1v) is 16.7. The van der Waals surface area contributed by atoms with E-state index in [1.165, 1.54) is 92.0 Å². The lowest BCUT2D eigenvalue weighted by atomic mass is 9.98. The Bertz CT molecular complexity index is 1330. The van der Waals surface area contributed by atoms with Crippen LogP contribution < -0.4 is 4.48 Å². The van der Waals surface area contributed by atoms with Crippen molar-refractivity contribution in [2.24, 2.45) is 0 Å². The molecule has 5 aromatic carbocycles. The molecule has 0 spiro atoms. The monoisotopic (exact) mass is 583 g/mol. The van der Waals surface area contributed by atoms with Crippen LogP contribution in [-0.4, -0.2) is 24.5 Å². The van der Waals surface area contributed by atoms with Gasteiger partial charge in [-0.2, -0.15) is 4.48 Å². The minimum atomic E-state index is 0.508. The molecule has 0 bridgehead atoms. The van der Waals surface area contributed by atoms with Crippen LogP contribution >= 0.6 is 0 Å². The van der Waals surface area contributed by atoms with E-state index in [0.717, 1.165) is 0 Å². The summed E-state index contributed by atoms with van der Waals surface area (Å²) in [6.07, 6.45) is 8.09. The predicted molar refractivity (Wildman–Crippen MR) is 193 cm³/mol. The van der Waals surface area contributed by atoms with Crippen LogP contribution in [0.5, 0.6) is 0 Å². The van der Waals surface area contributed by atoms with Crippen molar-refractivity contribution in [3.05, 3.63) is 146 Å². The lowest BCUT2D eigenvalue weighted by molar-refractivity contribution is 0.261. The molecule has 5 aromatic rings. The van der Waals surface area contributed by atoms with Crippen LogP contribution in [0.4, 0.5) is 22.7 Å². The third kappa shape index (κ3) is 8.34. The van der Waals surface area contributed by atoms with Crippen molar-refractivity contribution in [2.45, 2.75) is 59.3 Å². The molecule has 0 fully saturated rings. The van der Waals surface area contributed by atoms with E-state index >= 15 is 0 Å². The lowest BCUT2D eigenvalue weighted by Crippen LogP contribution is -2.33. The van der Waals surface area contributed by atoms with Gasteiger partial charge in [-0.3, -0.25) is 0 Å². The number of hydrogen-bond acceptors (Lipinski definition) is 1. The summed E-state index contributed by atoms with van der Waals surface area (Å²) in [6.45, 7) is 10.8. The molecule has 0 saturated carbocycles. The Kier molecular flexibility index (Phi) is 13.4. The van der Waals surface area contributed by atoms with Gasteiger partial charge < -0.3 is 4.90 Å². The molecule has 0 aliphatic rings. The summed E-state index contributed by atoms with van der Waals surface area (Å²) in [5, 5.41) is 0. The molecule has 0 heterocycles. The first-order valence-electron chi connectivity index (χ1n) is 16.7. The van der Waals surface area contributed by atoms with Gasteiger partial charge in [0.2, 0.25) is 0 Å². The molecule has 2 heteroatoms. The molecule has 0 amide bonds. The molecule has 228 valence electrons. The van der Waals surface area contributed by atoms with Crippen molar-refractivity contribution >= 4 is 22.7 Å². The van der Waals surface area contributed by atoms with E-state index in [2.05, 4.69) is 171 Å². The molecule has 44 heavy (non-hydrogen) atoms. The van der Waals surface area contributed by atoms with Crippen LogP contribution in [0, 0.1) is 0 Å². The Morgan fingerprint density at radius 1 is 0.409 bits per heavy atom. The third-order valence-corrected chi connectivity index (χ3v) is 8.26. The van der Waals surface area contributed by atoms with Gasteiger partial charge in [0.05, 0.1) is 0 Å². The van der Waals surface area contributed by atoms with Crippen molar-refractivity contribution in [1.82, 2.24) is 9.38 Å². The molecule has 0 radical (unpaired) electrons. The van der Waals surface area contributed by atoms with E-state index in [1.807, 2.05) is 0 Å². The van der Waals surface area contributed by atoms with Crippen LogP contribution in [0.2, 0.25) is 0 Å².